The lowest BCUT2D eigenvalue weighted by Crippen LogP contribution is -2.40. The quantitative estimate of drug-likeness (QED) is 0.657. The van der Waals surface area contributed by atoms with Gasteiger partial charge in [-0.05, 0) is 5.04 Å². The van der Waals surface area contributed by atoms with Crippen LogP contribution >= 0.6 is 0 Å². The summed E-state index contributed by atoms with van der Waals surface area (Å²) in [6, 6.07) is 0. The Kier molecular flexibility index (Phi) is 5.13. The molecular weight excluding hydrogens is 192 g/mol. The van der Waals surface area contributed by atoms with Crippen molar-refractivity contribution in [2.45, 2.75) is 44.1 Å². The molecule has 0 radical (unpaired) electrons. The van der Waals surface area contributed by atoms with E-state index >= 15 is 0 Å². The third-order valence-corrected chi connectivity index (χ3v) is 7.74. The van der Waals surface area contributed by atoms with E-state index in [2.05, 4.69) is 6.92 Å². The summed E-state index contributed by atoms with van der Waals surface area (Å²) < 4.78 is 10.7. The Morgan fingerprint density at radius 2 is 1.50 bits per heavy atom. The Bertz CT molecular complexity index is 149. The molecule has 0 bridgehead atoms. The highest BCUT2D eigenvalue weighted by Crippen LogP contribution is 2.44. The number of hydrogen-bond acceptors (Lipinski definition) is 2. The van der Waals surface area contributed by atoms with Crippen molar-refractivity contribution in [3.63, 3.8) is 0 Å². The van der Waals surface area contributed by atoms with Crippen LogP contribution in [0.25, 0.3) is 0 Å². The summed E-state index contributed by atoms with van der Waals surface area (Å²) in [5.41, 5.74) is 0. The van der Waals surface area contributed by atoms with E-state index in [-0.39, 0.29) is 0 Å². The Hall–Kier alpha value is 0.137. The van der Waals surface area contributed by atoms with E-state index in [1.54, 1.807) is 0 Å². The number of hydrogen-bond donors (Lipinski definition) is 0. The van der Waals surface area contributed by atoms with Crippen molar-refractivity contribution < 1.29 is 9.47 Å². The van der Waals surface area contributed by atoms with Crippen LogP contribution in [0.1, 0.15) is 39.0 Å². The topological polar surface area (TPSA) is 18.5 Å². The molecule has 1 aliphatic carbocycles. The lowest BCUT2D eigenvalue weighted by atomic mass is 9.90. The molecule has 0 spiro atoms. The Balaban J connectivity index is 2.53. The van der Waals surface area contributed by atoms with Crippen molar-refractivity contribution >= 4 is 8.80 Å². The third kappa shape index (κ3) is 3.07. The average Bonchev–Trinajstić information content (AvgIpc) is 2.19. The van der Waals surface area contributed by atoms with Crippen LogP contribution in [0.2, 0.25) is 5.04 Å². The second kappa shape index (κ2) is 5.88. The van der Waals surface area contributed by atoms with Gasteiger partial charge < -0.3 is 9.47 Å². The lowest BCUT2D eigenvalue weighted by Gasteiger charge is -2.39. The van der Waals surface area contributed by atoms with Gasteiger partial charge in [0.25, 0.3) is 0 Å². The first kappa shape index (κ1) is 12.2. The van der Waals surface area contributed by atoms with Gasteiger partial charge in [0.2, 0.25) is 0 Å². The van der Waals surface area contributed by atoms with Crippen molar-refractivity contribution in [1.82, 2.24) is 0 Å². The zero-order chi connectivity index (χ0) is 10.4. The molecule has 0 aromatic carbocycles. The molecule has 3 heteroatoms. The van der Waals surface area contributed by atoms with Gasteiger partial charge in [0.15, 0.2) is 0 Å². The van der Waals surface area contributed by atoms with Gasteiger partial charge in [-0.25, -0.2) is 0 Å². The highest BCUT2D eigenvalue weighted by Gasteiger charge is 2.36. The Morgan fingerprint density at radius 1 is 1.00 bits per heavy atom. The van der Waals surface area contributed by atoms with Gasteiger partial charge in [-0.15, -0.1) is 0 Å². The number of ether oxygens (including phenoxy) is 2. The first-order valence-electron chi connectivity index (χ1n) is 5.71. The van der Waals surface area contributed by atoms with Gasteiger partial charge >= 0.3 is 0 Å². The molecule has 1 saturated carbocycles. The van der Waals surface area contributed by atoms with Gasteiger partial charge in [-0.2, -0.15) is 0 Å². The molecule has 84 valence electrons. The van der Waals surface area contributed by atoms with Gasteiger partial charge in [-0.1, -0.05) is 39.0 Å². The Labute approximate surface area is 89.6 Å². The zero-order valence-electron chi connectivity index (χ0n) is 9.84. The molecule has 0 aliphatic heterocycles. The predicted octanol–water partition coefficient (Wildman–Crippen LogP) is 2.31. The van der Waals surface area contributed by atoms with Crippen LogP contribution in [0, 0.1) is 0 Å². The average molecular weight is 216 g/mol. The minimum Gasteiger partial charge on any atom is -0.388 e. The monoisotopic (exact) mass is 216 g/mol. The summed E-state index contributed by atoms with van der Waals surface area (Å²) in [5.74, 6) is 0. The highest BCUT2D eigenvalue weighted by molar-refractivity contribution is 6.62. The minimum absolute atomic E-state index is 0.588. The summed E-state index contributed by atoms with van der Waals surface area (Å²) in [7, 11) is 2.77. The summed E-state index contributed by atoms with van der Waals surface area (Å²) in [4.78, 5) is 0. The second-order valence-corrected chi connectivity index (χ2v) is 8.28. The first-order chi connectivity index (χ1) is 6.73. The molecule has 0 heterocycles. The normalized spacial score (nSPS) is 21.4. The molecule has 0 aromatic rings. The van der Waals surface area contributed by atoms with Crippen molar-refractivity contribution in [1.29, 1.82) is 0 Å². The van der Waals surface area contributed by atoms with Crippen LogP contribution in [0.5, 0.6) is 0 Å². The fraction of sp³-hybridized carbons (Fsp3) is 1.00. The SMILES string of the molecule is COC[SiH](COC)C1(C)CCCCC1. The maximum Gasteiger partial charge on any atom is 0.103 e. The van der Waals surface area contributed by atoms with Crippen molar-refractivity contribution in [2.75, 3.05) is 26.7 Å². The predicted molar refractivity (Wildman–Crippen MR) is 62.4 cm³/mol. The van der Waals surface area contributed by atoms with E-state index in [1.165, 1.54) is 32.1 Å². The lowest BCUT2D eigenvalue weighted by molar-refractivity contribution is 0.210. The van der Waals surface area contributed by atoms with Crippen LogP contribution in [0.4, 0.5) is 0 Å². The van der Waals surface area contributed by atoms with Crippen molar-refractivity contribution in [3.05, 3.63) is 0 Å². The van der Waals surface area contributed by atoms with Gasteiger partial charge in [0.1, 0.15) is 8.80 Å². The smallest absolute Gasteiger partial charge is 0.103 e. The molecule has 0 unspecified atom stereocenters. The fourth-order valence-corrected chi connectivity index (χ4v) is 5.55. The molecular formula is C11H24O2Si. The summed E-state index contributed by atoms with van der Waals surface area (Å²) in [5, 5.41) is 0.588. The first-order valence-corrected chi connectivity index (χ1v) is 7.92. The number of rotatable bonds is 5. The van der Waals surface area contributed by atoms with Gasteiger partial charge in [0.05, 0.1) is 0 Å². The van der Waals surface area contributed by atoms with E-state index in [0.29, 0.717) is 5.04 Å². The van der Waals surface area contributed by atoms with Crippen LogP contribution in [-0.4, -0.2) is 35.5 Å². The molecule has 1 rings (SSSR count). The van der Waals surface area contributed by atoms with E-state index in [9.17, 15) is 0 Å². The molecule has 2 nitrogen and oxygen atoms in total. The van der Waals surface area contributed by atoms with Gasteiger partial charge in [-0.3, -0.25) is 0 Å². The number of methoxy groups -OCH3 is 2. The third-order valence-electron chi connectivity index (χ3n) is 3.72. The van der Waals surface area contributed by atoms with E-state index in [1.807, 2.05) is 14.2 Å². The minimum atomic E-state index is -0.875. The molecule has 0 amide bonds. The van der Waals surface area contributed by atoms with E-state index < -0.39 is 8.80 Å². The largest absolute Gasteiger partial charge is 0.388 e. The summed E-state index contributed by atoms with van der Waals surface area (Å²) in [6.07, 6.45) is 9.00. The summed E-state index contributed by atoms with van der Waals surface area (Å²) in [6.45, 7) is 2.46. The zero-order valence-corrected chi connectivity index (χ0v) is 11.0. The Morgan fingerprint density at radius 3 is 1.93 bits per heavy atom. The molecule has 0 saturated heterocycles. The fourth-order valence-electron chi connectivity index (χ4n) is 2.62. The second-order valence-electron chi connectivity index (χ2n) is 4.82. The van der Waals surface area contributed by atoms with E-state index in [0.717, 1.165) is 12.5 Å². The highest BCUT2D eigenvalue weighted by atomic mass is 28.3. The summed E-state index contributed by atoms with van der Waals surface area (Å²) >= 11 is 0. The van der Waals surface area contributed by atoms with Crippen LogP contribution < -0.4 is 0 Å². The van der Waals surface area contributed by atoms with Gasteiger partial charge in [0, 0.05) is 26.7 Å². The maximum absolute atomic E-state index is 5.36. The van der Waals surface area contributed by atoms with Crippen LogP contribution in [0.3, 0.4) is 0 Å². The maximum atomic E-state index is 5.36. The molecule has 1 fully saturated rings. The standard InChI is InChI=1S/C11H24O2Si/c1-11(7-5-4-6-8-11)14(9-12-2)10-13-3/h14H,4-10H2,1-3H3. The molecule has 1 aliphatic rings. The molecule has 0 atom stereocenters. The van der Waals surface area contributed by atoms with E-state index in [4.69, 9.17) is 9.47 Å². The molecule has 0 aromatic heterocycles. The van der Waals surface area contributed by atoms with Crippen molar-refractivity contribution in [2.24, 2.45) is 0 Å². The molecule has 0 N–H and O–H groups in total. The van der Waals surface area contributed by atoms with Crippen molar-refractivity contribution in [3.8, 4) is 0 Å². The van der Waals surface area contributed by atoms with Crippen LogP contribution in [-0.2, 0) is 9.47 Å². The van der Waals surface area contributed by atoms with Crippen LogP contribution in [0.15, 0.2) is 0 Å². The molecule has 14 heavy (non-hydrogen) atoms.